The lowest BCUT2D eigenvalue weighted by molar-refractivity contribution is 0.102. The molecule has 7 heteroatoms. The molecule has 0 atom stereocenters. The molecule has 6 aromatic rings. The topological polar surface area (TPSA) is 99.9 Å². The fourth-order valence-corrected chi connectivity index (χ4v) is 4.38. The molecule has 0 fully saturated rings. The van der Waals surface area contributed by atoms with E-state index in [9.17, 15) is 9.59 Å². The molecule has 3 N–H and O–H groups in total. The third-order valence-corrected chi connectivity index (χ3v) is 6.13. The van der Waals surface area contributed by atoms with Crippen LogP contribution in [-0.2, 0) is 0 Å². The zero-order valence-electron chi connectivity index (χ0n) is 18.8. The first kappa shape index (κ1) is 20.7. The van der Waals surface area contributed by atoms with Crippen molar-refractivity contribution in [2.45, 2.75) is 0 Å². The van der Waals surface area contributed by atoms with E-state index >= 15 is 0 Å². The van der Waals surface area contributed by atoms with Crippen LogP contribution >= 0.6 is 0 Å². The van der Waals surface area contributed by atoms with E-state index in [0.717, 1.165) is 27.2 Å². The Hall–Kier alpha value is -4.91. The number of anilines is 1. The number of amides is 1. The monoisotopic (exact) mass is 460 g/mol. The second-order valence-corrected chi connectivity index (χ2v) is 8.21. The van der Waals surface area contributed by atoms with E-state index in [1.807, 2.05) is 48.5 Å². The summed E-state index contributed by atoms with van der Waals surface area (Å²) in [5.41, 5.74) is 3.77. The van der Waals surface area contributed by atoms with Gasteiger partial charge in [-0.15, -0.1) is 0 Å². The molecule has 3 aromatic carbocycles. The van der Waals surface area contributed by atoms with E-state index in [4.69, 9.17) is 4.74 Å². The Labute approximate surface area is 199 Å². The summed E-state index contributed by atoms with van der Waals surface area (Å²) in [5, 5.41) is 5.34. The quantitative estimate of drug-likeness (QED) is 0.288. The molecule has 0 radical (unpaired) electrons. The minimum absolute atomic E-state index is 0.154. The number of hydrogen-bond donors (Lipinski definition) is 3. The molecule has 0 spiro atoms. The van der Waals surface area contributed by atoms with Gasteiger partial charge in [-0.25, -0.2) is 4.98 Å². The zero-order chi connectivity index (χ0) is 23.9. The third-order valence-electron chi connectivity index (χ3n) is 6.13. The predicted molar refractivity (Wildman–Crippen MR) is 136 cm³/mol. The van der Waals surface area contributed by atoms with Crippen LogP contribution < -0.4 is 10.1 Å². The van der Waals surface area contributed by atoms with Crippen molar-refractivity contribution in [2.75, 3.05) is 12.4 Å². The number of pyridine rings is 1. The lowest BCUT2D eigenvalue weighted by Crippen LogP contribution is -2.16. The number of para-hydroxylation sites is 2. The van der Waals surface area contributed by atoms with Gasteiger partial charge in [0.2, 0.25) is 5.78 Å². The molecule has 1 amide bonds. The highest BCUT2D eigenvalue weighted by molar-refractivity contribution is 6.23. The molecule has 3 heterocycles. The standard InChI is InChI=1S/C28H20N4O3/c1-35-17-12-10-16(11-13-17)30-28(34)24-14-20-18-6-3-5-9-23(18)31-25(20)26(32-24)27(33)21-15-29-22-8-4-2-7-19(21)22/h2-15,29,31H,1H3,(H,30,34). The number of carbonyl (C=O) groups is 2. The van der Waals surface area contributed by atoms with Crippen molar-refractivity contribution >= 4 is 50.1 Å². The summed E-state index contributed by atoms with van der Waals surface area (Å²) in [6.45, 7) is 0. The van der Waals surface area contributed by atoms with Crippen LogP contribution in [0.4, 0.5) is 5.69 Å². The van der Waals surface area contributed by atoms with Gasteiger partial charge < -0.3 is 20.0 Å². The van der Waals surface area contributed by atoms with Gasteiger partial charge in [-0.3, -0.25) is 9.59 Å². The highest BCUT2D eigenvalue weighted by Crippen LogP contribution is 2.30. The van der Waals surface area contributed by atoms with Crippen LogP contribution in [0.15, 0.2) is 85.1 Å². The molecule has 6 rings (SSSR count). The maximum Gasteiger partial charge on any atom is 0.274 e. The minimum Gasteiger partial charge on any atom is -0.497 e. The number of rotatable bonds is 5. The number of ketones is 1. The number of methoxy groups -OCH3 is 1. The lowest BCUT2D eigenvalue weighted by Gasteiger charge is -2.08. The summed E-state index contributed by atoms with van der Waals surface area (Å²) in [7, 11) is 1.58. The smallest absolute Gasteiger partial charge is 0.274 e. The van der Waals surface area contributed by atoms with E-state index < -0.39 is 5.91 Å². The Morgan fingerprint density at radius 1 is 0.857 bits per heavy atom. The molecule has 3 aromatic heterocycles. The third kappa shape index (κ3) is 3.50. The van der Waals surface area contributed by atoms with Crippen molar-refractivity contribution in [1.82, 2.24) is 15.0 Å². The fourth-order valence-electron chi connectivity index (χ4n) is 4.38. The highest BCUT2D eigenvalue weighted by Gasteiger charge is 2.23. The molecule has 0 saturated carbocycles. The second-order valence-electron chi connectivity index (χ2n) is 8.21. The minimum atomic E-state index is -0.407. The Morgan fingerprint density at radius 2 is 1.57 bits per heavy atom. The first-order valence-corrected chi connectivity index (χ1v) is 11.1. The van der Waals surface area contributed by atoms with Crippen LogP contribution in [0.2, 0.25) is 0 Å². The van der Waals surface area contributed by atoms with Gasteiger partial charge in [0.05, 0.1) is 12.6 Å². The molecule has 0 unspecified atom stereocenters. The first-order valence-electron chi connectivity index (χ1n) is 11.1. The highest BCUT2D eigenvalue weighted by atomic mass is 16.5. The van der Waals surface area contributed by atoms with Crippen molar-refractivity contribution in [3.8, 4) is 5.75 Å². The number of H-pyrrole nitrogens is 2. The molecule has 0 bridgehead atoms. The summed E-state index contributed by atoms with van der Waals surface area (Å²) in [5.74, 6) is 0.0152. The number of hydrogen-bond acceptors (Lipinski definition) is 4. The number of fused-ring (bicyclic) bond motifs is 4. The van der Waals surface area contributed by atoms with Crippen LogP contribution in [-0.4, -0.2) is 33.8 Å². The van der Waals surface area contributed by atoms with Gasteiger partial charge in [0.1, 0.15) is 17.1 Å². The SMILES string of the molecule is COc1ccc(NC(=O)c2cc3c([nH]c4ccccc43)c(C(=O)c3c[nH]c4ccccc34)n2)cc1. The van der Waals surface area contributed by atoms with Gasteiger partial charge >= 0.3 is 0 Å². The molecule has 170 valence electrons. The fraction of sp³-hybridized carbons (Fsp3) is 0.0357. The van der Waals surface area contributed by atoms with Gasteiger partial charge in [-0.05, 0) is 42.5 Å². The van der Waals surface area contributed by atoms with E-state index in [2.05, 4.69) is 20.3 Å². The molecule has 0 aliphatic carbocycles. The van der Waals surface area contributed by atoms with Gasteiger partial charge in [0, 0.05) is 44.6 Å². The Balaban J connectivity index is 1.50. The molecular weight excluding hydrogens is 440 g/mol. The van der Waals surface area contributed by atoms with Gasteiger partial charge in [-0.1, -0.05) is 36.4 Å². The van der Waals surface area contributed by atoms with Gasteiger partial charge in [0.25, 0.3) is 5.91 Å². The molecule has 35 heavy (non-hydrogen) atoms. The Bertz CT molecular complexity index is 1750. The van der Waals surface area contributed by atoms with E-state index in [1.165, 1.54) is 0 Å². The summed E-state index contributed by atoms with van der Waals surface area (Å²) in [6.07, 6.45) is 1.69. The number of carbonyl (C=O) groups excluding carboxylic acids is 2. The predicted octanol–water partition coefficient (Wildman–Crippen LogP) is 5.69. The van der Waals surface area contributed by atoms with Crippen molar-refractivity contribution < 1.29 is 14.3 Å². The van der Waals surface area contributed by atoms with Crippen molar-refractivity contribution in [2.24, 2.45) is 0 Å². The Kier molecular flexibility index (Phi) is 4.81. The molecule has 0 saturated heterocycles. The number of aromatic nitrogens is 3. The van der Waals surface area contributed by atoms with Crippen LogP contribution in [0, 0.1) is 0 Å². The number of nitrogens with one attached hydrogen (secondary N) is 3. The maximum absolute atomic E-state index is 13.8. The van der Waals surface area contributed by atoms with Crippen LogP contribution in [0.5, 0.6) is 5.75 Å². The molecule has 7 nitrogen and oxygen atoms in total. The average Bonchev–Trinajstić information content (AvgIpc) is 3.50. The summed E-state index contributed by atoms with van der Waals surface area (Å²) < 4.78 is 5.18. The van der Waals surface area contributed by atoms with E-state index in [-0.39, 0.29) is 17.2 Å². The van der Waals surface area contributed by atoms with Crippen molar-refractivity contribution in [1.29, 1.82) is 0 Å². The number of nitrogens with zero attached hydrogens (tertiary/aromatic N) is 1. The second kappa shape index (κ2) is 8.14. The number of ether oxygens (including phenoxy) is 1. The summed E-state index contributed by atoms with van der Waals surface area (Å²) in [4.78, 5) is 38.0. The van der Waals surface area contributed by atoms with E-state index in [1.54, 1.807) is 43.6 Å². The number of benzene rings is 3. The first-order chi connectivity index (χ1) is 17.1. The maximum atomic E-state index is 13.8. The van der Waals surface area contributed by atoms with Gasteiger partial charge in [-0.2, -0.15) is 0 Å². The summed E-state index contributed by atoms with van der Waals surface area (Å²) in [6, 6.07) is 24.1. The lowest BCUT2D eigenvalue weighted by atomic mass is 10.0. The van der Waals surface area contributed by atoms with Crippen LogP contribution in [0.25, 0.3) is 32.7 Å². The largest absolute Gasteiger partial charge is 0.497 e. The van der Waals surface area contributed by atoms with Crippen LogP contribution in [0.1, 0.15) is 26.5 Å². The van der Waals surface area contributed by atoms with E-state index in [0.29, 0.717) is 22.5 Å². The molecule has 0 aliphatic heterocycles. The van der Waals surface area contributed by atoms with Crippen molar-refractivity contribution in [3.05, 3.63) is 102 Å². The normalized spacial score (nSPS) is 11.2. The molecule has 0 aliphatic rings. The van der Waals surface area contributed by atoms with Crippen molar-refractivity contribution in [3.63, 3.8) is 0 Å². The summed E-state index contributed by atoms with van der Waals surface area (Å²) >= 11 is 0. The van der Waals surface area contributed by atoms with Crippen LogP contribution in [0.3, 0.4) is 0 Å². The average molecular weight is 460 g/mol. The number of aromatic amines is 2. The molecular formula is C28H20N4O3. The zero-order valence-corrected chi connectivity index (χ0v) is 18.8. The Morgan fingerprint density at radius 3 is 2.34 bits per heavy atom. The van der Waals surface area contributed by atoms with Gasteiger partial charge in [0.15, 0.2) is 0 Å².